The van der Waals surface area contributed by atoms with Gasteiger partial charge in [-0.1, -0.05) is 55.8 Å². The molecule has 0 bridgehead atoms. The van der Waals surface area contributed by atoms with Crippen molar-refractivity contribution < 1.29 is 4.74 Å². The average Bonchev–Trinajstić information content (AvgIpc) is 3.47. The molecule has 0 spiro atoms. The molecule has 0 aromatic heterocycles. The molecule has 0 radical (unpaired) electrons. The topological polar surface area (TPSA) is 12.5 Å². The fourth-order valence-corrected chi connectivity index (χ4v) is 9.40. The SMILES string of the molecule is C[C@]12CC[C@H]3[C@@H](CCC4=C[C@@H](OCCN5CCCC5)CC[C@@]43C)[C@H]1CC[C@@H]2c1ccccc1. The summed E-state index contributed by atoms with van der Waals surface area (Å²) in [6.45, 7) is 9.91. The molecule has 1 aliphatic heterocycles. The second-order valence-electron chi connectivity index (χ2n) is 12.6. The van der Waals surface area contributed by atoms with Crippen molar-refractivity contribution in [3.63, 3.8) is 0 Å². The van der Waals surface area contributed by atoms with Crippen LogP contribution in [0.25, 0.3) is 0 Å². The normalized spacial score (nSPS) is 43.0. The first-order chi connectivity index (χ1) is 16.1. The molecule has 1 aromatic carbocycles. The number of likely N-dealkylation sites (tertiary alicyclic amines) is 1. The molecule has 7 atom stereocenters. The molecule has 2 nitrogen and oxygen atoms in total. The Balaban J connectivity index is 1.15. The van der Waals surface area contributed by atoms with Gasteiger partial charge in [-0.15, -0.1) is 0 Å². The lowest BCUT2D eigenvalue weighted by atomic mass is 9.46. The molecule has 6 rings (SSSR count). The van der Waals surface area contributed by atoms with E-state index in [4.69, 9.17) is 4.74 Å². The van der Waals surface area contributed by atoms with Gasteiger partial charge in [-0.3, -0.25) is 0 Å². The van der Waals surface area contributed by atoms with E-state index >= 15 is 0 Å². The van der Waals surface area contributed by atoms with Crippen molar-refractivity contribution in [2.75, 3.05) is 26.2 Å². The van der Waals surface area contributed by atoms with Crippen molar-refractivity contribution in [2.45, 2.75) is 90.1 Å². The monoisotopic (exact) mass is 447 g/mol. The van der Waals surface area contributed by atoms with Gasteiger partial charge in [-0.25, -0.2) is 0 Å². The van der Waals surface area contributed by atoms with Gasteiger partial charge in [0, 0.05) is 6.54 Å². The highest BCUT2D eigenvalue weighted by molar-refractivity contribution is 5.29. The summed E-state index contributed by atoms with van der Waals surface area (Å²) in [5.41, 5.74) is 4.32. The molecule has 0 N–H and O–H groups in total. The van der Waals surface area contributed by atoms with Crippen molar-refractivity contribution in [1.82, 2.24) is 4.90 Å². The maximum Gasteiger partial charge on any atom is 0.0759 e. The Morgan fingerprint density at radius 2 is 1.73 bits per heavy atom. The largest absolute Gasteiger partial charge is 0.373 e. The molecular formula is C31H45NO. The summed E-state index contributed by atoms with van der Waals surface area (Å²) in [5, 5.41) is 0. The van der Waals surface area contributed by atoms with Crippen LogP contribution in [0.5, 0.6) is 0 Å². The third-order valence-corrected chi connectivity index (χ3v) is 11.2. The summed E-state index contributed by atoms with van der Waals surface area (Å²) < 4.78 is 6.41. The molecule has 1 saturated heterocycles. The molecule has 33 heavy (non-hydrogen) atoms. The van der Waals surface area contributed by atoms with Crippen molar-refractivity contribution in [3.05, 3.63) is 47.5 Å². The van der Waals surface area contributed by atoms with Crippen molar-refractivity contribution >= 4 is 0 Å². The lowest BCUT2D eigenvalue weighted by Crippen LogP contribution is -2.50. The van der Waals surface area contributed by atoms with Gasteiger partial charge in [0.2, 0.25) is 0 Å². The number of rotatable bonds is 5. The van der Waals surface area contributed by atoms with Crippen LogP contribution in [-0.2, 0) is 4.74 Å². The second-order valence-corrected chi connectivity index (χ2v) is 12.6. The summed E-state index contributed by atoms with van der Waals surface area (Å²) >= 11 is 0. The standard InChI is InChI=1S/C31H45NO/c1-30-16-14-25(33-21-20-32-18-6-7-19-32)22-24(30)10-11-26-28-13-12-27(23-8-4-3-5-9-23)31(28,2)17-15-29(26)30/h3-5,8-9,22,25-29H,6-7,10-21H2,1-2H3/t25-,26-,27+,28+,29-,30-,31+/m0/s1. The Morgan fingerprint density at radius 3 is 2.55 bits per heavy atom. The van der Waals surface area contributed by atoms with Gasteiger partial charge in [-0.05, 0) is 117 Å². The molecule has 4 fully saturated rings. The molecule has 4 aliphatic carbocycles. The van der Waals surface area contributed by atoms with Crippen LogP contribution >= 0.6 is 0 Å². The summed E-state index contributed by atoms with van der Waals surface area (Å²) in [5.74, 6) is 3.53. The Labute approximate surface area is 202 Å². The molecule has 0 amide bonds. The van der Waals surface area contributed by atoms with E-state index in [-0.39, 0.29) is 0 Å². The van der Waals surface area contributed by atoms with E-state index < -0.39 is 0 Å². The molecule has 5 aliphatic rings. The number of benzene rings is 1. The van der Waals surface area contributed by atoms with Crippen LogP contribution < -0.4 is 0 Å². The smallest absolute Gasteiger partial charge is 0.0759 e. The van der Waals surface area contributed by atoms with Gasteiger partial charge in [0.15, 0.2) is 0 Å². The van der Waals surface area contributed by atoms with Gasteiger partial charge < -0.3 is 9.64 Å². The molecule has 0 unspecified atom stereocenters. The molecule has 1 heterocycles. The highest BCUT2D eigenvalue weighted by Crippen LogP contribution is 2.68. The summed E-state index contributed by atoms with van der Waals surface area (Å²) in [6, 6.07) is 11.5. The highest BCUT2D eigenvalue weighted by atomic mass is 16.5. The van der Waals surface area contributed by atoms with Gasteiger partial charge in [0.1, 0.15) is 0 Å². The maximum atomic E-state index is 6.41. The van der Waals surface area contributed by atoms with E-state index in [2.05, 4.69) is 55.2 Å². The Kier molecular flexibility index (Phi) is 5.98. The molecule has 3 saturated carbocycles. The first kappa shape index (κ1) is 22.4. The number of hydrogen-bond acceptors (Lipinski definition) is 2. The quantitative estimate of drug-likeness (QED) is 0.442. The Bertz CT molecular complexity index is 857. The van der Waals surface area contributed by atoms with Gasteiger partial charge in [0.05, 0.1) is 12.7 Å². The molecular weight excluding hydrogens is 402 g/mol. The summed E-state index contributed by atoms with van der Waals surface area (Å²) in [6.07, 6.45) is 16.8. The van der Waals surface area contributed by atoms with E-state index in [1.165, 1.54) is 77.3 Å². The van der Waals surface area contributed by atoms with Crippen LogP contribution in [0.4, 0.5) is 0 Å². The second kappa shape index (κ2) is 8.83. The zero-order chi connectivity index (χ0) is 22.5. The fourth-order valence-electron chi connectivity index (χ4n) is 9.40. The third kappa shape index (κ3) is 3.84. The van der Waals surface area contributed by atoms with Gasteiger partial charge >= 0.3 is 0 Å². The number of allylic oxidation sites excluding steroid dienone is 1. The van der Waals surface area contributed by atoms with E-state index in [1.807, 2.05) is 0 Å². The zero-order valence-electron chi connectivity index (χ0n) is 21.1. The Morgan fingerprint density at radius 1 is 0.909 bits per heavy atom. The van der Waals surface area contributed by atoms with Crippen molar-refractivity contribution in [2.24, 2.45) is 28.6 Å². The number of ether oxygens (including phenoxy) is 1. The third-order valence-electron chi connectivity index (χ3n) is 11.2. The van der Waals surface area contributed by atoms with Crippen LogP contribution in [0.2, 0.25) is 0 Å². The molecule has 180 valence electrons. The lowest BCUT2D eigenvalue weighted by molar-refractivity contribution is -0.0506. The van der Waals surface area contributed by atoms with E-state index in [9.17, 15) is 0 Å². The predicted octanol–water partition coefficient (Wildman–Crippen LogP) is 7.21. The maximum absolute atomic E-state index is 6.41. The van der Waals surface area contributed by atoms with Crippen molar-refractivity contribution in [1.29, 1.82) is 0 Å². The van der Waals surface area contributed by atoms with Crippen molar-refractivity contribution in [3.8, 4) is 0 Å². The van der Waals surface area contributed by atoms with Crippen LogP contribution in [0.3, 0.4) is 0 Å². The summed E-state index contributed by atoms with van der Waals surface area (Å²) in [7, 11) is 0. The average molecular weight is 448 g/mol. The first-order valence-corrected chi connectivity index (χ1v) is 14.2. The van der Waals surface area contributed by atoms with E-state index in [0.29, 0.717) is 16.9 Å². The fraction of sp³-hybridized carbons (Fsp3) is 0.742. The molecule has 1 aromatic rings. The highest BCUT2D eigenvalue weighted by Gasteiger charge is 2.59. The number of nitrogens with zero attached hydrogens (tertiary/aromatic N) is 1. The minimum absolute atomic E-state index is 0.370. The van der Waals surface area contributed by atoms with Crippen LogP contribution in [0, 0.1) is 28.6 Å². The van der Waals surface area contributed by atoms with Gasteiger partial charge in [0.25, 0.3) is 0 Å². The Hall–Kier alpha value is -1.12. The van der Waals surface area contributed by atoms with Crippen LogP contribution in [0.1, 0.15) is 89.5 Å². The number of fused-ring (bicyclic) bond motifs is 5. The minimum Gasteiger partial charge on any atom is -0.373 e. The zero-order valence-corrected chi connectivity index (χ0v) is 21.1. The molecule has 2 heteroatoms. The van der Waals surface area contributed by atoms with E-state index in [0.717, 1.165) is 36.8 Å². The van der Waals surface area contributed by atoms with E-state index in [1.54, 1.807) is 11.1 Å². The summed E-state index contributed by atoms with van der Waals surface area (Å²) in [4.78, 5) is 2.58. The predicted molar refractivity (Wildman–Crippen MR) is 136 cm³/mol. The number of hydrogen-bond donors (Lipinski definition) is 0. The van der Waals surface area contributed by atoms with Gasteiger partial charge in [-0.2, -0.15) is 0 Å². The van der Waals surface area contributed by atoms with Crippen LogP contribution in [-0.4, -0.2) is 37.2 Å². The minimum atomic E-state index is 0.370. The first-order valence-electron chi connectivity index (χ1n) is 14.2. The lowest BCUT2D eigenvalue weighted by Gasteiger charge is -2.58. The van der Waals surface area contributed by atoms with Crippen LogP contribution in [0.15, 0.2) is 42.0 Å².